The molecule has 0 aliphatic heterocycles. The minimum atomic E-state index is -0.382. The van der Waals surface area contributed by atoms with Crippen molar-refractivity contribution in [3.05, 3.63) is 23.8 Å². The SMILES string of the molecule is CC12C=CC(=O)C=C1CCC1C2CCC2(C)C1CCC2(C)C(=O)CO. The van der Waals surface area contributed by atoms with Crippen LogP contribution < -0.4 is 0 Å². The topological polar surface area (TPSA) is 54.4 Å². The van der Waals surface area contributed by atoms with E-state index in [-0.39, 0.29) is 34.4 Å². The lowest BCUT2D eigenvalue weighted by atomic mass is 9.46. The number of hydrogen-bond donors (Lipinski definition) is 1. The van der Waals surface area contributed by atoms with E-state index < -0.39 is 0 Å². The average Bonchev–Trinajstić information content (AvgIpc) is 2.87. The summed E-state index contributed by atoms with van der Waals surface area (Å²) in [5.74, 6) is 1.90. The molecule has 3 nitrogen and oxygen atoms in total. The van der Waals surface area contributed by atoms with Crippen LogP contribution in [0.15, 0.2) is 23.8 Å². The third kappa shape index (κ3) is 2.08. The number of hydrogen-bond acceptors (Lipinski definition) is 3. The molecule has 3 saturated carbocycles. The van der Waals surface area contributed by atoms with E-state index in [1.54, 1.807) is 6.08 Å². The van der Waals surface area contributed by atoms with Crippen molar-refractivity contribution >= 4 is 11.6 Å². The van der Waals surface area contributed by atoms with E-state index in [1.165, 1.54) is 5.57 Å². The number of fused-ring (bicyclic) bond motifs is 5. The van der Waals surface area contributed by atoms with Gasteiger partial charge >= 0.3 is 0 Å². The number of aliphatic hydroxyl groups excluding tert-OH is 1. The van der Waals surface area contributed by atoms with Crippen molar-refractivity contribution in [2.45, 2.75) is 59.3 Å². The predicted octanol–water partition coefficient (Wildman–Crippen LogP) is 3.86. The predicted molar refractivity (Wildman–Crippen MR) is 96.8 cm³/mol. The third-order valence-corrected chi connectivity index (χ3v) is 8.92. The molecule has 0 heterocycles. The molecule has 3 fully saturated rings. The highest BCUT2D eigenvalue weighted by atomic mass is 16.3. The summed E-state index contributed by atoms with van der Waals surface area (Å²) in [6.07, 6.45) is 12.1. The van der Waals surface area contributed by atoms with Crippen LogP contribution in [0.3, 0.4) is 0 Å². The summed E-state index contributed by atoms with van der Waals surface area (Å²) >= 11 is 0. The fourth-order valence-corrected chi connectivity index (χ4v) is 7.10. The zero-order chi connectivity index (χ0) is 18.0. The molecule has 0 aromatic carbocycles. The molecule has 3 heteroatoms. The highest BCUT2D eigenvalue weighted by Crippen LogP contribution is 2.69. The van der Waals surface area contributed by atoms with Crippen molar-refractivity contribution in [1.82, 2.24) is 0 Å². The van der Waals surface area contributed by atoms with Gasteiger partial charge in [0, 0.05) is 10.8 Å². The molecule has 0 aromatic heterocycles. The van der Waals surface area contributed by atoms with E-state index in [4.69, 9.17) is 0 Å². The lowest BCUT2D eigenvalue weighted by molar-refractivity contribution is -0.143. The number of carbonyl (C=O) groups excluding carboxylic acids is 2. The normalized spacial score (nSPS) is 48.4. The van der Waals surface area contributed by atoms with Gasteiger partial charge in [-0.25, -0.2) is 0 Å². The zero-order valence-electron chi connectivity index (χ0n) is 15.7. The molecule has 0 aromatic rings. The van der Waals surface area contributed by atoms with Gasteiger partial charge in [0.05, 0.1) is 0 Å². The molecule has 4 rings (SSSR count). The van der Waals surface area contributed by atoms with E-state index in [1.807, 2.05) is 6.08 Å². The Bertz CT molecular complexity index is 689. The summed E-state index contributed by atoms with van der Waals surface area (Å²) in [5, 5.41) is 9.52. The van der Waals surface area contributed by atoms with Crippen LogP contribution in [0.4, 0.5) is 0 Å². The first kappa shape index (κ1) is 17.2. The maximum atomic E-state index is 12.6. The average molecular weight is 342 g/mol. The van der Waals surface area contributed by atoms with Crippen molar-refractivity contribution < 1.29 is 14.7 Å². The molecule has 6 unspecified atom stereocenters. The van der Waals surface area contributed by atoms with E-state index in [9.17, 15) is 14.7 Å². The first-order chi connectivity index (χ1) is 11.8. The van der Waals surface area contributed by atoms with Gasteiger partial charge in [-0.1, -0.05) is 32.4 Å². The Kier molecular flexibility index (Phi) is 3.71. The molecule has 6 atom stereocenters. The van der Waals surface area contributed by atoms with E-state index >= 15 is 0 Å². The number of ketones is 2. The van der Waals surface area contributed by atoms with Crippen molar-refractivity contribution in [2.75, 3.05) is 6.61 Å². The minimum absolute atomic E-state index is 0.000240. The van der Waals surface area contributed by atoms with Crippen molar-refractivity contribution in [1.29, 1.82) is 0 Å². The fraction of sp³-hybridized carbons (Fsp3) is 0.727. The van der Waals surface area contributed by atoms with Crippen LogP contribution in [0.25, 0.3) is 0 Å². The number of allylic oxidation sites excluding steroid dienone is 4. The van der Waals surface area contributed by atoms with Crippen LogP contribution in [-0.2, 0) is 9.59 Å². The molecule has 25 heavy (non-hydrogen) atoms. The summed E-state index contributed by atoms with van der Waals surface area (Å²) < 4.78 is 0. The Morgan fingerprint density at radius 3 is 2.60 bits per heavy atom. The summed E-state index contributed by atoms with van der Waals surface area (Å²) in [6, 6.07) is 0. The van der Waals surface area contributed by atoms with Gasteiger partial charge in [-0.2, -0.15) is 0 Å². The second-order valence-corrected chi connectivity index (χ2v) is 9.51. The third-order valence-electron chi connectivity index (χ3n) is 8.92. The number of rotatable bonds is 2. The lowest BCUT2D eigenvalue weighted by Gasteiger charge is -2.58. The Balaban J connectivity index is 1.69. The van der Waals surface area contributed by atoms with Crippen LogP contribution in [0.2, 0.25) is 0 Å². The summed E-state index contributed by atoms with van der Waals surface area (Å²) in [4.78, 5) is 24.4. The second-order valence-electron chi connectivity index (χ2n) is 9.51. The molecule has 4 aliphatic rings. The Morgan fingerprint density at radius 2 is 1.88 bits per heavy atom. The van der Waals surface area contributed by atoms with Crippen LogP contribution >= 0.6 is 0 Å². The highest BCUT2D eigenvalue weighted by molar-refractivity contribution is 6.01. The van der Waals surface area contributed by atoms with Crippen molar-refractivity contribution in [2.24, 2.45) is 34.0 Å². The summed E-state index contributed by atoms with van der Waals surface area (Å²) in [7, 11) is 0. The van der Waals surface area contributed by atoms with Gasteiger partial charge in [0.25, 0.3) is 0 Å². The van der Waals surface area contributed by atoms with Gasteiger partial charge in [-0.15, -0.1) is 0 Å². The largest absolute Gasteiger partial charge is 0.389 e. The molecular formula is C22H30O3. The van der Waals surface area contributed by atoms with Crippen LogP contribution in [-0.4, -0.2) is 23.3 Å². The number of aliphatic hydroxyl groups is 1. The van der Waals surface area contributed by atoms with E-state index in [2.05, 4.69) is 26.8 Å². The Hall–Kier alpha value is -1.22. The van der Waals surface area contributed by atoms with Gasteiger partial charge in [0.1, 0.15) is 6.61 Å². The molecule has 1 N–H and O–H groups in total. The monoisotopic (exact) mass is 342 g/mol. The van der Waals surface area contributed by atoms with Gasteiger partial charge < -0.3 is 5.11 Å². The Morgan fingerprint density at radius 1 is 1.16 bits per heavy atom. The molecule has 0 spiro atoms. The van der Waals surface area contributed by atoms with Crippen LogP contribution in [0.5, 0.6) is 0 Å². The smallest absolute Gasteiger partial charge is 0.178 e. The molecule has 0 bridgehead atoms. The van der Waals surface area contributed by atoms with Gasteiger partial charge in [-0.05, 0) is 73.8 Å². The molecule has 136 valence electrons. The Labute approximate surface area is 150 Å². The fourth-order valence-electron chi connectivity index (χ4n) is 7.10. The van der Waals surface area contributed by atoms with E-state index in [0.29, 0.717) is 17.8 Å². The van der Waals surface area contributed by atoms with Gasteiger partial charge in [0.2, 0.25) is 0 Å². The molecule has 4 aliphatic carbocycles. The summed E-state index contributed by atoms with van der Waals surface area (Å²) in [5.41, 5.74) is 0.946. The number of Topliss-reactive ketones (excluding diaryl/α,β-unsaturated/α-hetero) is 1. The highest BCUT2D eigenvalue weighted by Gasteiger charge is 2.64. The molecule has 0 radical (unpaired) electrons. The standard InChI is InChI=1S/C22H30O3/c1-20-9-6-15(24)12-14(20)4-5-16-17(20)7-10-21(2)18(16)8-11-22(21,3)19(25)13-23/h6,9,12,16-18,23H,4-5,7-8,10-11,13H2,1-3H3. The van der Waals surface area contributed by atoms with Crippen molar-refractivity contribution in [3.8, 4) is 0 Å². The van der Waals surface area contributed by atoms with Gasteiger partial charge in [0.15, 0.2) is 11.6 Å². The molecular weight excluding hydrogens is 312 g/mol. The van der Waals surface area contributed by atoms with Crippen LogP contribution in [0.1, 0.15) is 59.3 Å². The van der Waals surface area contributed by atoms with Crippen molar-refractivity contribution in [3.63, 3.8) is 0 Å². The second kappa shape index (κ2) is 5.39. The first-order valence-corrected chi connectivity index (χ1v) is 9.85. The zero-order valence-corrected chi connectivity index (χ0v) is 15.7. The lowest BCUT2D eigenvalue weighted by Crippen LogP contribution is -2.53. The maximum Gasteiger partial charge on any atom is 0.178 e. The van der Waals surface area contributed by atoms with E-state index in [0.717, 1.165) is 38.5 Å². The quantitative estimate of drug-likeness (QED) is 0.829. The van der Waals surface area contributed by atoms with Gasteiger partial charge in [-0.3, -0.25) is 9.59 Å². The first-order valence-electron chi connectivity index (χ1n) is 9.85. The summed E-state index contributed by atoms with van der Waals surface area (Å²) in [6.45, 7) is 6.39. The molecule has 0 amide bonds. The number of carbonyl (C=O) groups is 2. The maximum absolute atomic E-state index is 12.6. The van der Waals surface area contributed by atoms with Crippen LogP contribution in [0, 0.1) is 34.0 Å². The molecule has 0 saturated heterocycles. The minimum Gasteiger partial charge on any atom is -0.389 e.